The largest absolute Gasteiger partial charge is 0.490 e. The standard InChI is InChI=1S/C23H29NO5/c1-3-26-19-8-4-5-9-20(19)27-13-6-10-23(25)24-17(2)18-11-12-21-22(16-18)29-15-7-14-28-21/h4-5,8-9,11-12,16-17H,3,6-7,10,13-15H2,1-2H3,(H,24,25). The fourth-order valence-electron chi connectivity index (χ4n) is 3.11. The first kappa shape index (κ1) is 20.8. The Hall–Kier alpha value is -2.89. The quantitative estimate of drug-likeness (QED) is 0.638. The Morgan fingerprint density at radius 1 is 1.07 bits per heavy atom. The first-order chi connectivity index (χ1) is 14.2. The number of benzene rings is 2. The number of carbonyl (C=O) groups is 1. The molecule has 6 nitrogen and oxygen atoms in total. The molecule has 1 unspecified atom stereocenters. The Balaban J connectivity index is 1.44. The lowest BCUT2D eigenvalue weighted by Crippen LogP contribution is -2.26. The predicted octanol–water partition coefficient (Wildman–Crippen LogP) is 4.28. The Labute approximate surface area is 172 Å². The first-order valence-electron chi connectivity index (χ1n) is 10.2. The summed E-state index contributed by atoms with van der Waals surface area (Å²) in [6, 6.07) is 13.3. The summed E-state index contributed by atoms with van der Waals surface area (Å²) in [5.74, 6) is 2.92. The Morgan fingerprint density at radius 2 is 1.79 bits per heavy atom. The minimum atomic E-state index is -0.112. The lowest BCUT2D eigenvalue weighted by atomic mass is 10.1. The second-order valence-electron chi connectivity index (χ2n) is 6.88. The van der Waals surface area contributed by atoms with E-state index in [-0.39, 0.29) is 11.9 Å². The third-order valence-corrected chi connectivity index (χ3v) is 4.60. The summed E-state index contributed by atoms with van der Waals surface area (Å²) < 4.78 is 22.7. The molecular formula is C23H29NO5. The number of fused-ring (bicyclic) bond motifs is 1. The average Bonchev–Trinajstić information content (AvgIpc) is 2.97. The van der Waals surface area contributed by atoms with Gasteiger partial charge in [0, 0.05) is 12.8 Å². The highest BCUT2D eigenvalue weighted by Crippen LogP contribution is 2.32. The van der Waals surface area contributed by atoms with Crippen LogP contribution >= 0.6 is 0 Å². The smallest absolute Gasteiger partial charge is 0.220 e. The molecule has 156 valence electrons. The molecule has 0 aromatic heterocycles. The second-order valence-corrected chi connectivity index (χ2v) is 6.88. The van der Waals surface area contributed by atoms with Gasteiger partial charge in [-0.15, -0.1) is 0 Å². The molecule has 29 heavy (non-hydrogen) atoms. The van der Waals surface area contributed by atoms with Gasteiger partial charge < -0.3 is 24.3 Å². The molecule has 1 atom stereocenters. The van der Waals surface area contributed by atoms with E-state index in [2.05, 4.69) is 5.32 Å². The van der Waals surface area contributed by atoms with Crippen molar-refractivity contribution >= 4 is 5.91 Å². The van der Waals surface area contributed by atoms with Crippen LogP contribution in [0.4, 0.5) is 0 Å². The van der Waals surface area contributed by atoms with Gasteiger partial charge in [0.2, 0.25) is 5.91 Å². The Kier molecular flexibility index (Phi) is 7.61. The van der Waals surface area contributed by atoms with Crippen molar-refractivity contribution in [3.8, 4) is 23.0 Å². The zero-order valence-electron chi connectivity index (χ0n) is 17.1. The van der Waals surface area contributed by atoms with E-state index < -0.39 is 0 Å². The molecule has 3 rings (SSSR count). The number of rotatable bonds is 9. The molecule has 1 amide bonds. The van der Waals surface area contributed by atoms with E-state index >= 15 is 0 Å². The van der Waals surface area contributed by atoms with E-state index in [0.717, 1.165) is 29.2 Å². The maximum Gasteiger partial charge on any atom is 0.220 e. The van der Waals surface area contributed by atoms with Crippen molar-refractivity contribution in [2.75, 3.05) is 26.4 Å². The summed E-state index contributed by atoms with van der Waals surface area (Å²) >= 11 is 0. The van der Waals surface area contributed by atoms with Crippen molar-refractivity contribution in [3.05, 3.63) is 48.0 Å². The predicted molar refractivity (Wildman–Crippen MR) is 111 cm³/mol. The van der Waals surface area contributed by atoms with Crippen molar-refractivity contribution < 1.29 is 23.7 Å². The monoisotopic (exact) mass is 399 g/mol. The number of hydrogen-bond acceptors (Lipinski definition) is 5. The van der Waals surface area contributed by atoms with E-state index in [4.69, 9.17) is 18.9 Å². The molecule has 0 fully saturated rings. The molecule has 2 aromatic rings. The summed E-state index contributed by atoms with van der Waals surface area (Å²) in [5.41, 5.74) is 0.990. The topological polar surface area (TPSA) is 66.0 Å². The molecule has 0 saturated heterocycles. The first-order valence-corrected chi connectivity index (χ1v) is 10.2. The van der Waals surface area contributed by atoms with Gasteiger partial charge in [-0.05, 0) is 50.1 Å². The fourth-order valence-corrected chi connectivity index (χ4v) is 3.11. The molecule has 1 aliphatic heterocycles. The van der Waals surface area contributed by atoms with E-state index in [1.54, 1.807) is 0 Å². The number of nitrogens with one attached hydrogen (secondary N) is 1. The van der Waals surface area contributed by atoms with Crippen molar-refractivity contribution in [1.29, 1.82) is 0 Å². The molecule has 1 N–H and O–H groups in total. The normalized spacial score (nSPS) is 13.9. The summed E-state index contributed by atoms with van der Waals surface area (Å²) in [6.07, 6.45) is 1.89. The molecule has 0 saturated carbocycles. The Bertz CT molecular complexity index is 808. The highest BCUT2D eigenvalue weighted by atomic mass is 16.5. The summed E-state index contributed by atoms with van der Waals surface area (Å²) in [6.45, 7) is 6.24. The van der Waals surface area contributed by atoms with Gasteiger partial charge in [-0.25, -0.2) is 0 Å². The maximum absolute atomic E-state index is 12.3. The van der Waals surface area contributed by atoms with Crippen LogP contribution in [0.15, 0.2) is 42.5 Å². The number of hydrogen-bond donors (Lipinski definition) is 1. The lowest BCUT2D eigenvalue weighted by molar-refractivity contribution is -0.121. The highest BCUT2D eigenvalue weighted by molar-refractivity contribution is 5.76. The molecule has 6 heteroatoms. The summed E-state index contributed by atoms with van der Waals surface area (Å²) in [7, 11) is 0. The van der Waals surface area contributed by atoms with Crippen LogP contribution < -0.4 is 24.3 Å². The fraction of sp³-hybridized carbons (Fsp3) is 0.435. The van der Waals surface area contributed by atoms with Crippen LogP contribution in [0.5, 0.6) is 23.0 Å². The zero-order valence-corrected chi connectivity index (χ0v) is 17.1. The highest BCUT2D eigenvalue weighted by Gasteiger charge is 2.15. The second kappa shape index (κ2) is 10.6. The maximum atomic E-state index is 12.3. The molecule has 0 bridgehead atoms. The third kappa shape index (κ3) is 6.04. The number of amides is 1. The molecular weight excluding hydrogens is 370 g/mol. The summed E-state index contributed by atoms with van der Waals surface area (Å²) in [5, 5.41) is 3.03. The third-order valence-electron chi connectivity index (χ3n) is 4.60. The van der Waals surface area contributed by atoms with Gasteiger partial charge in [-0.3, -0.25) is 4.79 Å². The van der Waals surface area contributed by atoms with Crippen molar-refractivity contribution in [3.63, 3.8) is 0 Å². The van der Waals surface area contributed by atoms with Gasteiger partial charge in [0.05, 0.1) is 32.5 Å². The van der Waals surface area contributed by atoms with Gasteiger partial charge in [0.15, 0.2) is 23.0 Å². The van der Waals surface area contributed by atoms with Gasteiger partial charge in [-0.2, -0.15) is 0 Å². The van der Waals surface area contributed by atoms with Crippen LogP contribution in [0.3, 0.4) is 0 Å². The van der Waals surface area contributed by atoms with Crippen LogP contribution in [0.1, 0.15) is 44.7 Å². The lowest BCUT2D eigenvalue weighted by Gasteiger charge is -2.17. The van der Waals surface area contributed by atoms with Gasteiger partial charge in [0.25, 0.3) is 0 Å². The number of para-hydroxylation sites is 2. The average molecular weight is 399 g/mol. The Morgan fingerprint density at radius 3 is 2.55 bits per heavy atom. The van der Waals surface area contributed by atoms with Crippen molar-refractivity contribution in [2.45, 2.75) is 39.2 Å². The molecule has 0 radical (unpaired) electrons. The number of ether oxygens (including phenoxy) is 4. The van der Waals surface area contributed by atoms with Crippen LogP contribution in [0, 0.1) is 0 Å². The summed E-state index contributed by atoms with van der Waals surface area (Å²) in [4.78, 5) is 12.3. The van der Waals surface area contributed by atoms with Crippen LogP contribution in [0.25, 0.3) is 0 Å². The van der Waals surface area contributed by atoms with Gasteiger partial charge in [-0.1, -0.05) is 18.2 Å². The molecule has 0 spiro atoms. The number of carbonyl (C=O) groups excluding carboxylic acids is 1. The van der Waals surface area contributed by atoms with Crippen LogP contribution in [0.2, 0.25) is 0 Å². The van der Waals surface area contributed by atoms with Crippen molar-refractivity contribution in [1.82, 2.24) is 5.32 Å². The SMILES string of the molecule is CCOc1ccccc1OCCCC(=O)NC(C)c1ccc2c(c1)OCCCO2. The van der Waals surface area contributed by atoms with E-state index in [0.29, 0.717) is 45.0 Å². The van der Waals surface area contributed by atoms with E-state index in [9.17, 15) is 4.79 Å². The van der Waals surface area contributed by atoms with Crippen molar-refractivity contribution in [2.24, 2.45) is 0 Å². The minimum Gasteiger partial charge on any atom is -0.490 e. The molecule has 2 aromatic carbocycles. The minimum absolute atomic E-state index is 0.00805. The van der Waals surface area contributed by atoms with E-state index in [1.807, 2.05) is 56.3 Å². The van der Waals surface area contributed by atoms with Gasteiger partial charge in [0.1, 0.15) is 0 Å². The molecule has 1 aliphatic rings. The van der Waals surface area contributed by atoms with Crippen LogP contribution in [-0.4, -0.2) is 32.3 Å². The van der Waals surface area contributed by atoms with Gasteiger partial charge >= 0.3 is 0 Å². The van der Waals surface area contributed by atoms with E-state index in [1.165, 1.54) is 0 Å². The molecule has 1 heterocycles. The van der Waals surface area contributed by atoms with Crippen LogP contribution in [-0.2, 0) is 4.79 Å². The zero-order chi connectivity index (χ0) is 20.5. The molecule has 0 aliphatic carbocycles.